The molecule has 9 nitrogen and oxygen atoms in total. The van der Waals surface area contributed by atoms with Crippen molar-refractivity contribution in [3.05, 3.63) is 97.0 Å². The Morgan fingerprint density at radius 1 is 0.919 bits per heavy atom. The van der Waals surface area contributed by atoms with Gasteiger partial charge in [-0.25, -0.2) is 15.0 Å². The van der Waals surface area contributed by atoms with Crippen molar-refractivity contribution in [2.24, 2.45) is 0 Å². The Labute approximate surface area is 214 Å². The number of benzene rings is 2. The number of furan rings is 1. The van der Waals surface area contributed by atoms with Gasteiger partial charge >= 0.3 is 0 Å². The van der Waals surface area contributed by atoms with Gasteiger partial charge in [0.25, 0.3) is 0 Å². The number of anilines is 1. The highest BCUT2D eigenvalue weighted by molar-refractivity contribution is 5.82. The van der Waals surface area contributed by atoms with Gasteiger partial charge in [-0.1, -0.05) is 54.6 Å². The van der Waals surface area contributed by atoms with Crippen molar-refractivity contribution in [1.82, 2.24) is 24.4 Å². The van der Waals surface area contributed by atoms with Gasteiger partial charge in [0.15, 0.2) is 17.0 Å². The van der Waals surface area contributed by atoms with Crippen molar-refractivity contribution in [2.75, 3.05) is 25.0 Å². The summed E-state index contributed by atoms with van der Waals surface area (Å²) in [5, 5.41) is 13.2. The fraction of sp³-hybridized carbons (Fsp3) is 0.250. The first kappa shape index (κ1) is 23.4. The molecule has 0 unspecified atom stereocenters. The Balaban J connectivity index is 1.19. The van der Waals surface area contributed by atoms with Crippen molar-refractivity contribution in [1.29, 1.82) is 0 Å². The van der Waals surface area contributed by atoms with E-state index in [0.29, 0.717) is 36.6 Å². The smallest absolute Gasteiger partial charge is 0.167 e. The van der Waals surface area contributed by atoms with Crippen molar-refractivity contribution < 1.29 is 14.3 Å². The molecule has 188 valence electrons. The highest BCUT2D eigenvalue weighted by Crippen LogP contribution is 2.27. The highest BCUT2D eigenvalue weighted by Gasteiger charge is 2.30. The van der Waals surface area contributed by atoms with Crippen molar-refractivity contribution in [2.45, 2.75) is 25.4 Å². The van der Waals surface area contributed by atoms with Crippen LogP contribution in [0.3, 0.4) is 0 Å². The fourth-order valence-electron chi connectivity index (χ4n) is 4.74. The first-order valence-corrected chi connectivity index (χ1v) is 12.3. The second-order valence-electron chi connectivity index (χ2n) is 9.13. The number of nitrogens with zero attached hydrogens (tertiary/aromatic N) is 5. The van der Waals surface area contributed by atoms with E-state index in [9.17, 15) is 5.11 Å². The Hall–Kier alpha value is -4.05. The number of nitrogens with one attached hydrogen (secondary N) is 1. The van der Waals surface area contributed by atoms with E-state index in [0.717, 1.165) is 12.3 Å². The number of aliphatic hydroxyl groups excluding tert-OH is 1. The van der Waals surface area contributed by atoms with Crippen LogP contribution in [0.2, 0.25) is 0 Å². The molecule has 0 radical (unpaired) electrons. The summed E-state index contributed by atoms with van der Waals surface area (Å²) in [6.45, 7) is 2.47. The molecule has 1 saturated heterocycles. The van der Waals surface area contributed by atoms with Gasteiger partial charge in [-0.05, 0) is 28.8 Å². The third-order valence-corrected chi connectivity index (χ3v) is 6.58. The first-order chi connectivity index (χ1) is 18.3. The maximum absolute atomic E-state index is 9.95. The SMILES string of the molecule is OC[C@@H]1CN(Cc2ccc(-c3ccccc3)cc2)C[C@H](n2cnc3c(NCc4ccco4)ncnc32)O1. The Kier molecular flexibility index (Phi) is 6.64. The largest absolute Gasteiger partial charge is 0.467 e. The summed E-state index contributed by atoms with van der Waals surface area (Å²) in [6.07, 6.45) is 4.24. The van der Waals surface area contributed by atoms with Gasteiger partial charge in [-0.15, -0.1) is 0 Å². The number of morpholine rings is 1. The summed E-state index contributed by atoms with van der Waals surface area (Å²) in [4.78, 5) is 15.7. The molecule has 2 N–H and O–H groups in total. The molecule has 37 heavy (non-hydrogen) atoms. The Bertz CT molecular complexity index is 1440. The zero-order chi connectivity index (χ0) is 25.0. The van der Waals surface area contributed by atoms with Crippen LogP contribution in [0.1, 0.15) is 17.6 Å². The minimum atomic E-state index is -0.340. The average Bonchev–Trinajstić information content (AvgIpc) is 3.63. The van der Waals surface area contributed by atoms with E-state index in [2.05, 4.69) is 73.7 Å². The lowest BCUT2D eigenvalue weighted by molar-refractivity contribution is -0.135. The molecule has 0 bridgehead atoms. The van der Waals surface area contributed by atoms with Crippen LogP contribution in [0.25, 0.3) is 22.3 Å². The first-order valence-electron chi connectivity index (χ1n) is 12.3. The molecular formula is C28H28N6O3. The van der Waals surface area contributed by atoms with Gasteiger partial charge in [0, 0.05) is 19.6 Å². The van der Waals surface area contributed by atoms with Gasteiger partial charge in [0.1, 0.15) is 18.3 Å². The molecule has 1 fully saturated rings. The van der Waals surface area contributed by atoms with E-state index in [1.54, 1.807) is 12.6 Å². The molecule has 6 rings (SSSR count). The Morgan fingerprint density at radius 2 is 1.76 bits per heavy atom. The van der Waals surface area contributed by atoms with Crippen LogP contribution in [0.15, 0.2) is 90.1 Å². The van der Waals surface area contributed by atoms with Crippen LogP contribution in [0, 0.1) is 0 Å². The van der Waals surface area contributed by atoms with E-state index < -0.39 is 0 Å². The number of hydrogen-bond donors (Lipinski definition) is 2. The maximum atomic E-state index is 9.95. The molecule has 4 heterocycles. The highest BCUT2D eigenvalue weighted by atomic mass is 16.5. The number of aromatic nitrogens is 4. The number of hydrogen-bond acceptors (Lipinski definition) is 8. The van der Waals surface area contributed by atoms with Gasteiger partial charge in [0.2, 0.25) is 0 Å². The second kappa shape index (κ2) is 10.5. The van der Waals surface area contributed by atoms with Crippen molar-refractivity contribution >= 4 is 17.0 Å². The second-order valence-corrected chi connectivity index (χ2v) is 9.13. The maximum Gasteiger partial charge on any atom is 0.167 e. The number of aliphatic hydroxyl groups is 1. The molecule has 1 aliphatic heterocycles. The molecule has 0 spiro atoms. The zero-order valence-corrected chi connectivity index (χ0v) is 20.3. The number of imidazole rings is 1. The Morgan fingerprint density at radius 3 is 2.54 bits per heavy atom. The number of ether oxygens (including phenoxy) is 1. The van der Waals surface area contributed by atoms with Crippen molar-refractivity contribution in [3.8, 4) is 11.1 Å². The van der Waals surface area contributed by atoms with Gasteiger partial charge in [-0.3, -0.25) is 9.47 Å². The third kappa shape index (κ3) is 5.10. The summed E-state index contributed by atoms with van der Waals surface area (Å²) >= 11 is 0. The minimum absolute atomic E-state index is 0.0580. The van der Waals surface area contributed by atoms with Crippen LogP contribution in [0.5, 0.6) is 0 Å². The lowest BCUT2D eigenvalue weighted by Crippen LogP contribution is -2.46. The summed E-state index contributed by atoms with van der Waals surface area (Å²) < 4.78 is 13.5. The molecule has 9 heteroatoms. The summed E-state index contributed by atoms with van der Waals surface area (Å²) in [5.74, 6) is 1.44. The zero-order valence-electron chi connectivity index (χ0n) is 20.3. The molecule has 0 aliphatic carbocycles. The number of fused-ring (bicyclic) bond motifs is 1. The normalized spacial score (nSPS) is 18.3. The predicted octanol–water partition coefficient (Wildman–Crippen LogP) is 4.09. The van der Waals surface area contributed by atoms with Crippen LogP contribution >= 0.6 is 0 Å². The lowest BCUT2D eigenvalue weighted by atomic mass is 10.0. The van der Waals surface area contributed by atoms with Crippen LogP contribution in [-0.2, 0) is 17.8 Å². The van der Waals surface area contributed by atoms with E-state index in [1.165, 1.54) is 23.0 Å². The van der Waals surface area contributed by atoms with Crippen LogP contribution in [-0.4, -0.2) is 55.3 Å². The molecule has 3 aromatic heterocycles. The van der Waals surface area contributed by atoms with Gasteiger partial charge < -0.3 is 19.6 Å². The van der Waals surface area contributed by atoms with Crippen LogP contribution < -0.4 is 5.32 Å². The topological polar surface area (TPSA) is 101 Å². The van der Waals surface area contributed by atoms with Gasteiger partial charge in [-0.2, -0.15) is 0 Å². The molecule has 1 aliphatic rings. The molecule has 5 aromatic rings. The molecule has 0 saturated carbocycles. The molecular weight excluding hydrogens is 468 g/mol. The third-order valence-electron chi connectivity index (χ3n) is 6.58. The summed E-state index contributed by atoms with van der Waals surface area (Å²) in [6, 6.07) is 22.8. The van der Waals surface area contributed by atoms with Crippen LogP contribution in [0.4, 0.5) is 5.82 Å². The molecule has 0 amide bonds. The van der Waals surface area contributed by atoms with E-state index in [4.69, 9.17) is 9.15 Å². The molecule has 2 atom stereocenters. The summed E-state index contributed by atoms with van der Waals surface area (Å²) in [5.41, 5.74) is 4.94. The fourth-order valence-corrected chi connectivity index (χ4v) is 4.74. The summed E-state index contributed by atoms with van der Waals surface area (Å²) in [7, 11) is 0. The quantitative estimate of drug-likeness (QED) is 0.331. The average molecular weight is 497 g/mol. The molecule has 2 aromatic carbocycles. The van der Waals surface area contributed by atoms with E-state index in [-0.39, 0.29) is 18.9 Å². The monoisotopic (exact) mass is 496 g/mol. The number of rotatable bonds is 8. The van der Waals surface area contributed by atoms with Crippen molar-refractivity contribution in [3.63, 3.8) is 0 Å². The van der Waals surface area contributed by atoms with E-state index in [1.807, 2.05) is 22.8 Å². The lowest BCUT2D eigenvalue weighted by Gasteiger charge is -2.38. The van der Waals surface area contributed by atoms with Gasteiger partial charge in [0.05, 0.1) is 31.8 Å². The predicted molar refractivity (Wildman–Crippen MR) is 140 cm³/mol. The minimum Gasteiger partial charge on any atom is -0.467 e. The van der Waals surface area contributed by atoms with E-state index >= 15 is 0 Å². The standard InChI is InChI=1S/C28H28N6O3/c35-17-24-15-33(14-20-8-10-22(11-9-20)21-5-2-1-3-6-21)16-25(37-24)34-19-32-26-27(30-18-31-28(26)34)29-13-23-7-4-12-36-23/h1-12,18-19,24-25,35H,13-17H2,(H,29,30,31)/t24-,25+/m0/s1.